The van der Waals surface area contributed by atoms with Crippen molar-refractivity contribution in [3.63, 3.8) is 0 Å². The summed E-state index contributed by atoms with van der Waals surface area (Å²) in [6.07, 6.45) is 22.9. The van der Waals surface area contributed by atoms with E-state index in [2.05, 4.69) is 13.8 Å². The first-order valence-corrected chi connectivity index (χ1v) is 15.8. The molecule has 5 nitrogen and oxygen atoms in total. The van der Waals surface area contributed by atoms with Crippen molar-refractivity contribution in [2.75, 3.05) is 0 Å². The highest BCUT2D eigenvalue weighted by Crippen LogP contribution is 2.17. The largest absolute Gasteiger partial charge is 0.300 e. The smallest absolute Gasteiger partial charge is 0.275 e. The van der Waals surface area contributed by atoms with Gasteiger partial charge in [0.05, 0.1) is 0 Å². The lowest BCUT2D eigenvalue weighted by atomic mass is 10.0. The Bertz CT molecular complexity index is 600. The average Bonchev–Trinajstić information content (AvgIpc) is 2.79. The van der Waals surface area contributed by atoms with Crippen LogP contribution < -0.4 is 0 Å². The zero-order valence-electron chi connectivity index (χ0n) is 22.3. The molecular formula is C28H54O5S. The molecule has 0 radical (unpaired) electrons. The summed E-state index contributed by atoms with van der Waals surface area (Å²) in [7, 11) is -4.54. The highest BCUT2D eigenvalue weighted by Gasteiger charge is 2.32. The molecular weight excluding hydrogens is 448 g/mol. The Labute approximate surface area is 211 Å². The molecule has 1 atom stereocenters. The van der Waals surface area contributed by atoms with Crippen LogP contribution in [-0.2, 0) is 19.7 Å². The van der Waals surface area contributed by atoms with E-state index in [4.69, 9.17) is 0 Å². The lowest BCUT2D eigenvalue weighted by Gasteiger charge is -2.12. The zero-order chi connectivity index (χ0) is 25.5. The van der Waals surface area contributed by atoms with Crippen molar-refractivity contribution in [3.05, 3.63) is 0 Å². The van der Waals surface area contributed by atoms with Gasteiger partial charge in [0.2, 0.25) is 0 Å². The lowest BCUT2D eigenvalue weighted by Crippen LogP contribution is -2.32. The standard InChI is InChI=1S/C28H54O5S/c1-3-5-7-9-11-13-15-17-19-21-23-26(29)25-28(34(31,32)33)27(30)24-22-20-18-16-14-12-10-8-6-4-2/h28H,3-25H2,1-2H3,(H,31,32,33). The molecule has 0 rings (SSSR count). The van der Waals surface area contributed by atoms with Crippen LogP contribution in [0.25, 0.3) is 0 Å². The van der Waals surface area contributed by atoms with Crippen molar-refractivity contribution in [3.8, 4) is 0 Å². The van der Waals surface area contributed by atoms with Gasteiger partial charge in [-0.15, -0.1) is 0 Å². The maximum atomic E-state index is 12.4. The first-order valence-electron chi connectivity index (χ1n) is 14.3. The normalized spacial score (nSPS) is 12.7. The molecule has 1 unspecified atom stereocenters. The maximum absolute atomic E-state index is 12.4. The van der Waals surface area contributed by atoms with E-state index in [0.717, 1.165) is 38.5 Å². The maximum Gasteiger partial charge on any atom is 0.275 e. The van der Waals surface area contributed by atoms with Crippen LogP contribution in [0.15, 0.2) is 0 Å². The molecule has 0 aliphatic carbocycles. The molecule has 0 aromatic carbocycles. The lowest BCUT2D eigenvalue weighted by molar-refractivity contribution is -0.124. The predicted molar refractivity (Wildman–Crippen MR) is 143 cm³/mol. The summed E-state index contributed by atoms with van der Waals surface area (Å²) < 4.78 is 32.9. The monoisotopic (exact) mass is 502 g/mol. The molecule has 0 spiro atoms. The van der Waals surface area contributed by atoms with E-state index >= 15 is 0 Å². The van der Waals surface area contributed by atoms with Gasteiger partial charge in [-0.25, -0.2) is 0 Å². The van der Waals surface area contributed by atoms with Crippen LogP contribution in [0.1, 0.15) is 162 Å². The first-order chi connectivity index (χ1) is 16.3. The molecule has 0 aromatic heterocycles. The van der Waals surface area contributed by atoms with E-state index in [1.165, 1.54) is 83.5 Å². The second kappa shape index (κ2) is 22.7. The summed E-state index contributed by atoms with van der Waals surface area (Å²) in [5.41, 5.74) is 0. The molecule has 6 heteroatoms. The third kappa shape index (κ3) is 20.6. The summed E-state index contributed by atoms with van der Waals surface area (Å²) in [4.78, 5) is 24.7. The summed E-state index contributed by atoms with van der Waals surface area (Å²) in [6.45, 7) is 4.43. The van der Waals surface area contributed by atoms with Gasteiger partial charge in [-0.05, 0) is 12.8 Å². The minimum atomic E-state index is -4.54. The predicted octanol–water partition coefficient (Wildman–Crippen LogP) is 8.39. The fourth-order valence-corrected chi connectivity index (χ4v) is 5.30. The quantitative estimate of drug-likeness (QED) is 0.0947. The Morgan fingerprint density at radius 3 is 1.24 bits per heavy atom. The number of carbonyl (C=O) groups is 2. The first kappa shape index (κ1) is 33.2. The van der Waals surface area contributed by atoms with E-state index in [9.17, 15) is 22.6 Å². The Balaban J connectivity index is 3.97. The van der Waals surface area contributed by atoms with Crippen LogP contribution in [0.4, 0.5) is 0 Å². The Morgan fingerprint density at radius 1 is 0.559 bits per heavy atom. The molecule has 0 heterocycles. The number of ketones is 2. The number of hydrogen-bond donors (Lipinski definition) is 1. The van der Waals surface area contributed by atoms with Gasteiger partial charge in [-0.2, -0.15) is 8.42 Å². The van der Waals surface area contributed by atoms with Crippen LogP contribution in [-0.4, -0.2) is 29.8 Å². The second-order valence-electron chi connectivity index (χ2n) is 10.1. The summed E-state index contributed by atoms with van der Waals surface area (Å²) in [5, 5.41) is -1.58. The second-order valence-corrected chi connectivity index (χ2v) is 11.7. The molecule has 0 fully saturated rings. The third-order valence-corrected chi connectivity index (χ3v) is 7.87. The molecule has 0 aromatic rings. The van der Waals surface area contributed by atoms with Crippen LogP contribution in [0.5, 0.6) is 0 Å². The molecule has 0 saturated carbocycles. The Hall–Kier alpha value is -0.750. The zero-order valence-corrected chi connectivity index (χ0v) is 23.1. The van der Waals surface area contributed by atoms with Gasteiger partial charge < -0.3 is 0 Å². The SMILES string of the molecule is CCCCCCCCCCCCC(=O)CC(C(=O)CCCCCCCCCCCC)S(=O)(=O)O. The molecule has 34 heavy (non-hydrogen) atoms. The van der Waals surface area contributed by atoms with Gasteiger partial charge in [-0.3, -0.25) is 14.1 Å². The summed E-state index contributed by atoms with van der Waals surface area (Å²) in [5.74, 6) is -0.753. The number of rotatable bonds is 26. The van der Waals surface area contributed by atoms with Crippen molar-refractivity contribution in [2.24, 2.45) is 0 Å². The van der Waals surface area contributed by atoms with Gasteiger partial charge in [0.25, 0.3) is 10.1 Å². The van der Waals surface area contributed by atoms with E-state index in [1.54, 1.807) is 0 Å². The van der Waals surface area contributed by atoms with Crippen molar-refractivity contribution in [2.45, 2.75) is 167 Å². The van der Waals surface area contributed by atoms with Crippen molar-refractivity contribution in [1.82, 2.24) is 0 Å². The van der Waals surface area contributed by atoms with Gasteiger partial charge in [0, 0.05) is 19.3 Å². The Morgan fingerprint density at radius 2 is 0.882 bits per heavy atom. The fourth-order valence-electron chi connectivity index (χ4n) is 4.45. The highest BCUT2D eigenvalue weighted by molar-refractivity contribution is 7.87. The van der Waals surface area contributed by atoms with Crippen molar-refractivity contribution < 1.29 is 22.6 Å². The van der Waals surface area contributed by atoms with Crippen molar-refractivity contribution >= 4 is 21.7 Å². The van der Waals surface area contributed by atoms with Crippen LogP contribution >= 0.6 is 0 Å². The minimum Gasteiger partial charge on any atom is -0.300 e. The summed E-state index contributed by atoms with van der Waals surface area (Å²) in [6, 6.07) is 0. The van der Waals surface area contributed by atoms with Crippen LogP contribution in [0, 0.1) is 0 Å². The average molecular weight is 503 g/mol. The number of hydrogen-bond acceptors (Lipinski definition) is 4. The van der Waals surface area contributed by atoms with Gasteiger partial charge in [0.15, 0.2) is 11.0 Å². The number of unbranched alkanes of at least 4 members (excludes halogenated alkanes) is 18. The van der Waals surface area contributed by atoms with E-state index < -0.39 is 21.2 Å². The molecule has 1 N–H and O–H groups in total. The number of carbonyl (C=O) groups excluding carboxylic acids is 2. The van der Waals surface area contributed by atoms with Crippen molar-refractivity contribution in [1.29, 1.82) is 0 Å². The number of Topliss-reactive ketones (excluding diaryl/α,β-unsaturated/α-hetero) is 2. The molecule has 0 aliphatic rings. The fraction of sp³-hybridized carbons (Fsp3) is 0.929. The summed E-state index contributed by atoms with van der Waals surface area (Å²) >= 11 is 0. The van der Waals surface area contributed by atoms with Crippen LogP contribution in [0.3, 0.4) is 0 Å². The van der Waals surface area contributed by atoms with E-state index in [-0.39, 0.29) is 25.0 Å². The third-order valence-electron chi connectivity index (χ3n) is 6.72. The van der Waals surface area contributed by atoms with Gasteiger partial charge in [0.1, 0.15) is 5.78 Å². The Kier molecular flexibility index (Phi) is 22.2. The molecule has 202 valence electrons. The molecule has 0 aliphatic heterocycles. The minimum absolute atomic E-state index is 0.118. The van der Waals surface area contributed by atoms with Gasteiger partial charge >= 0.3 is 0 Å². The highest BCUT2D eigenvalue weighted by atomic mass is 32.2. The van der Waals surface area contributed by atoms with E-state index in [0.29, 0.717) is 6.42 Å². The molecule has 0 bridgehead atoms. The van der Waals surface area contributed by atoms with Crippen LogP contribution in [0.2, 0.25) is 0 Å². The van der Waals surface area contributed by atoms with E-state index in [1.807, 2.05) is 0 Å². The molecule has 0 amide bonds. The van der Waals surface area contributed by atoms with Gasteiger partial charge in [-0.1, -0.05) is 129 Å². The molecule has 0 saturated heterocycles. The topological polar surface area (TPSA) is 88.5 Å².